The van der Waals surface area contributed by atoms with Crippen molar-refractivity contribution in [1.29, 1.82) is 0 Å². The van der Waals surface area contributed by atoms with Crippen molar-refractivity contribution < 1.29 is 19.1 Å². The lowest BCUT2D eigenvalue weighted by Crippen LogP contribution is -2.09. The zero-order valence-electron chi connectivity index (χ0n) is 15.5. The van der Waals surface area contributed by atoms with E-state index in [2.05, 4.69) is 13.2 Å². The van der Waals surface area contributed by atoms with Crippen LogP contribution >= 0.6 is 0 Å². The summed E-state index contributed by atoms with van der Waals surface area (Å²) in [7, 11) is 0. The third-order valence-corrected chi connectivity index (χ3v) is 3.79. The van der Waals surface area contributed by atoms with Gasteiger partial charge in [0.25, 0.3) is 0 Å². The summed E-state index contributed by atoms with van der Waals surface area (Å²) in [6.07, 6.45) is 0. The molecule has 0 saturated carbocycles. The van der Waals surface area contributed by atoms with Crippen LogP contribution in [0.4, 0.5) is 0 Å². The SMILES string of the molecule is C=C(C)C(=O)Oc1ccc(-c2ccc(OC(=O)C(=C)C)c(C)c2)cc1C. The molecule has 0 amide bonds. The highest BCUT2D eigenvalue weighted by molar-refractivity contribution is 5.89. The first-order valence-electron chi connectivity index (χ1n) is 8.16. The Labute approximate surface area is 153 Å². The topological polar surface area (TPSA) is 52.6 Å². The highest BCUT2D eigenvalue weighted by atomic mass is 16.5. The van der Waals surface area contributed by atoms with E-state index in [1.807, 2.05) is 38.1 Å². The Balaban J connectivity index is 2.26. The van der Waals surface area contributed by atoms with E-state index >= 15 is 0 Å². The number of aryl methyl sites for hydroxylation is 2. The zero-order valence-corrected chi connectivity index (χ0v) is 15.5. The van der Waals surface area contributed by atoms with Crippen LogP contribution in [0, 0.1) is 13.8 Å². The van der Waals surface area contributed by atoms with Gasteiger partial charge in [0, 0.05) is 11.1 Å². The summed E-state index contributed by atoms with van der Waals surface area (Å²) < 4.78 is 10.6. The smallest absolute Gasteiger partial charge is 0.338 e. The van der Waals surface area contributed by atoms with Crippen molar-refractivity contribution in [2.45, 2.75) is 27.7 Å². The van der Waals surface area contributed by atoms with E-state index in [0.29, 0.717) is 22.6 Å². The lowest BCUT2D eigenvalue weighted by Gasteiger charge is -2.12. The molecule has 26 heavy (non-hydrogen) atoms. The molecule has 0 radical (unpaired) electrons. The molecule has 0 spiro atoms. The van der Waals surface area contributed by atoms with Crippen LogP contribution in [-0.4, -0.2) is 11.9 Å². The summed E-state index contributed by atoms with van der Waals surface area (Å²) in [5.41, 5.74) is 4.32. The summed E-state index contributed by atoms with van der Waals surface area (Å²) in [5.74, 6) is 0.122. The Hall–Kier alpha value is -3.14. The van der Waals surface area contributed by atoms with Gasteiger partial charge in [0.2, 0.25) is 0 Å². The quantitative estimate of drug-likeness (QED) is 0.436. The van der Waals surface area contributed by atoms with Crippen LogP contribution in [0.15, 0.2) is 60.7 Å². The third kappa shape index (κ3) is 4.48. The van der Waals surface area contributed by atoms with Gasteiger partial charge in [-0.3, -0.25) is 0 Å². The monoisotopic (exact) mass is 350 g/mol. The first kappa shape index (κ1) is 19.2. The lowest BCUT2D eigenvalue weighted by atomic mass is 10.0. The maximum absolute atomic E-state index is 11.7. The first-order chi connectivity index (χ1) is 12.2. The molecule has 2 rings (SSSR count). The van der Waals surface area contributed by atoms with E-state index in [4.69, 9.17) is 9.47 Å². The number of ether oxygens (including phenoxy) is 2. The Morgan fingerprint density at radius 3 is 1.35 bits per heavy atom. The van der Waals surface area contributed by atoms with E-state index < -0.39 is 11.9 Å². The normalized spacial score (nSPS) is 10.2. The average Bonchev–Trinajstić information content (AvgIpc) is 2.58. The number of carbonyl (C=O) groups excluding carboxylic acids is 2. The molecule has 0 aliphatic carbocycles. The second-order valence-corrected chi connectivity index (χ2v) is 6.30. The van der Waals surface area contributed by atoms with Gasteiger partial charge in [0.1, 0.15) is 11.5 Å². The van der Waals surface area contributed by atoms with E-state index in [0.717, 1.165) is 22.3 Å². The van der Waals surface area contributed by atoms with Crippen LogP contribution < -0.4 is 9.47 Å². The standard InChI is InChI=1S/C22H22O4/c1-13(2)21(23)25-19-9-7-17(11-15(19)5)18-8-10-20(16(6)12-18)26-22(24)14(3)4/h7-12H,1,3H2,2,4-6H3. The van der Waals surface area contributed by atoms with E-state index in [-0.39, 0.29) is 0 Å². The number of esters is 2. The molecule has 0 unspecified atom stereocenters. The van der Waals surface area contributed by atoms with Crippen molar-refractivity contribution in [3.63, 3.8) is 0 Å². The molecular formula is C22H22O4. The van der Waals surface area contributed by atoms with Crippen LogP contribution in [-0.2, 0) is 9.59 Å². The second kappa shape index (κ2) is 7.83. The fraction of sp³-hybridized carbons (Fsp3) is 0.182. The van der Waals surface area contributed by atoms with Gasteiger partial charge in [-0.2, -0.15) is 0 Å². The predicted octanol–water partition coefficient (Wildman–Crippen LogP) is 4.93. The minimum atomic E-state index is -0.444. The molecule has 0 aromatic heterocycles. The van der Waals surface area contributed by atoms with Crippen molar-refractivity contribution in [1.82, 2.24) is 0 Å². The molecule has 0 fully saturated rings. The Morgan fingerprint density at radius 1 is 0.731 bits per heavy atom. The summed E-state index contributed by atoms with van der Waals surface area (Å²) in [5, 5.41) is 0. The number of carbonyl (C=O) groups is 2. The number of hydrogen-bond donors (Lipinski definition) is 0. The lowest BCUT2D eigenvalue weighted by molar-refractivity contribution is -0.131. The molecular weight excluding hydrogens is 328 g/mol. The molecule has 0 bridgehead atoms. The second-order valence-electron chi connectivity index (χ2n) is 6.30. The molecule has 0 atom stereocenters. The number of rotatable bonds is 5. The highest BCUT2D eigenvalue weighted by Gasteiger charge is 2.11. The fourth-order valence-corrected chi connectivity index (χ4v) is 2.26. The van der Waals surface area contributed by atoms with Gasteiger partial charge in [-0.1, -0.05) is 25.3 Å². The van der Waals surface area contributed by atoms with E-state index in [9.17, 15) is 9.59 Å². The van der Waals surface area contributed by atoms with Crippen LogP contribution in [0.5, 0.6) is 11.5 Å². The van der Waals surface area contributed by atoms with E-state index in [1.165, 1.54) is 0 Å². The zero-order chi connectivity index (χ0) is 19.4. The van der Waals surface area contributed by atoms with Crippen molar-refractivity contribution >= 4 is 11.9 Å². The van der Waals surface area contributed by atoms with Gasteiger partial charge in [0.05, 0.1) is 0 Å². The largest absolute Gasteiger partial charge is 0.423 e. The molecule has 0 aliphatic rings. The Morgan fingerprint density at radius 2 is 1.08 bits per heavy atom. The predicted molar refractivity (Wildman–Crippen MR) is 102 cm³/mol. The minimum absolute atomic E-state index is 0.351. The molecule has 0 aliphatic heterocycles. The van der Waals surface area contributed by atoms with Crippen LogP contribution in [0.2, 0.25) is 0 Å². The maximum atomic E-state index is 11.7. The van der Waals surface area contributed by atoms with Gasteiger partial charge in [-0.05, 0) is 74.2 Å². The fourth-order valence-electron chi connectivity index (χ4n) is 2.26. The van der Waals surface area contributed by atoms with Gasteiger partial charge < -0.3 is 9.47 Å². The summed E-state index contributed by atoms with van der Waals surface area (Å²) >= 11 is 0. The summed E-state index contributed by atoms with van der Waals surface area (Å²) in [4.78, 5) is 23.3. The Bertz CT molecular complexity index is 831. The molecule has 134 valence electrons. The van der Waals surface area contributed by atoms with Crippen LogP contribution in [0.25, 0.3) is 11.1 Å². The number of benzene rings is 2. The summed E-state index contributed by atoms with van der Waals surface area (Å²) in [6, 6.07) is 11.2. The van der Waals surface area contributed by atoms with E-state index in [1.54, 1.807) is 26.0 Å². The van der Waals surface area contributed by atoms with Crippen LogP contribution in [0.3, 0.4) is 0 Å². The van der Waals surface area contributed by atoms with Gasteiger partial charge >= 0.3 is 11.9 Å². The molecule has 0 saturated heterocycles. The minimum Gasteiger partial charge on any atom is -0.423 e. The molecule has 2 aromatic carbocycles. The molecule has 4 nitrogen and oxygen atoms in total. The molecule has 0 N–H and O–H groups in total. The molecule has 4 heteroatoms. The summed E-state index contributed by atoms with van der Waals surface area (Å²) in [6.45, 7) is 14.1. The Kier molecular flexibility index (Phi) is 5.78. The highest BCUT2D eigenvalue weighted by Crippen LogP contribution is 2.30. The van der Waals surface area contributed by atoms with Gasteiger partial charge in [-0.15, -0.1) is 0 Å². The average molecular weight is 350 g/mol. The maximum Gasteiger partial charge on any atom is 0.338 e. The third-order valence-electron chi connectivity index (χ3n) is 3.79. The first-order valence-corrected chi connectivity index (χ1v) is 8.16. The van der Waals surface area contributed by atoms with Crippen molar-refractivity contribution in [2.24, 2.45) is 0 Å². The van der Waals surface area contributed by atoms with Gasteiger partial charge in [0.15, 0.2) is 0 Å². The van der Waals surface area contributed by atoms with Crippen molar-refractivity contribution in [3.8, 4) is 22.6 Å². The van der Waals surface area contributed by atoms with Crippen molar-refractivity contribution in [2.75, 3.05) is 0 Å². The van der Waals surface area contributed by atoms with Gasteiger partial charge in [-0.25, -0.2) is 9.59 Å². The molecule has 0 heterocycles. The molecule has 2 aromatic rings. The van der Waals surface area contributed by atoms with Crippen molar-refractivity contribution in [3.05, 3.63) is 71.8 Å². The number of hydrogen-bond acceptors (Lipinski definition) is 4. The van der Waals surface area contributed by atoms with Crippen LogP contribution in [0.1, 0.15) is 25.0 Å².